The minimum atomic E-state index is 0.317. The highest BCUT2D eigenvalue weighted by Gasteiger charge is 2.06. The second kappa shape index (κ2) is 6.48. The fraction of sp³-hybridized carbons (Fsp3) is 0.200. The highest BCUT2D eigenvalue weighted by Crippen LogP contribution is 2.24. The molecule has 0 saturated carbocycles. The Balaban J connectivity index is 2.11. The first-order chi connectivity index (χ1) is 8.70. The molecule has 0 bridgehead atoms. The summed E-state index contributed by atoms with van der Waals surface area (Å²) in [5.41, 5.74) is 2.51. The lowest BCUT2D eigenvalue weighted by atomic mass is 10.1. The zero-order valence-electron chi connectivity index (χ0n) is 10.5. The number of para-hydroxylation sites is 1. The molecule has 1 nitrogen and oxygen atoms in total. The molecule has 2 rings (SSSR count). The monoisotopic (exact) mass is 369 g/mol. The Morgan fingerprint density at radius 1 is 1.06 bits per heavy atom. The van der Waals surface area contributed by atoms with Gasteiger partial charge in [0.2, 0.25) is 0 Å². The Hall–Kier alpha value is -0.680. The normalized spacial score (nSPS) is 12.2. The highest BCUT2D eigenvalue weighted by molar-refractivity contribution is 14.1. The van der Waals surface area contributed by atoms with Gasteiger partial charge in [-0.05, 0) is 65.6 Å². The van der Waals surface area contributed by atoms with E-state index in [1.54, 1.807) is 11.8 Å². The van der Waals surface area contributed by atoms with Gasteiger partial charge in [-0.1, -0.05) is 24.3 Å². The van der Waals surface area contributed by atoms with E-state index in [0.29, 0.717) is 6.04 Å². The second-order valence-corrected chi connectivity index (χ2v) is 6.16. The van der Waals surface area contributed by atoms with Crippen molar-refractivity contribution >= 4 is 40.0 Å². The smallest absolute Gasteiger partial charge is 0.0486 e. The van der Waals surface area contributed by atoms with Crippen molar-refractivity contribution in [2.45, 2.75) is 17.9 Å². The summed E-state index contributed by atoms with van der Waals surface area (Å²) in [5, 5.41) is 3.55. The number of anilines is 1. The van der Waals surface area contributed by atoms with E-state index in [-0.39, 0.29) is 0 Å². The zero-order chi connectivity index (χ0) is 13.0. The van der Waals surface area contributed by atoms with E-state index in [2.05, 4.69) is 89.6 Å². The Morgan fingerprint density at radius 2 is 1.72 bits per heavy atom. The SMILES string of the molecule is CSc1ccc(C(C)Nc2ccccc2I)cc1. The van der Waals surface area contributed by atoms with Crippen LogP contribution in [-0.4, -0.2) is 6.26 Å². The molecule has 18 heavy (non-hydrogen) atoms. The molecule has 0 amide bonds. The zero-order valence-corrected chi connectivity index (χ0v) is 13.5. The average molecular weight is 369 g/mol. The molecule has 1 atom stereocenters. The molecule has 0 heterocycles. The Kier molecular flexibility index (Phi) is 4.95. The van der Waals surface area contributed by atoms with Gasteiger partial charge in [0.25, 0.3) is 0 Å². The van der Waals surface area contributed by atoms with Crippen LogP contribution in [0.5, 0.6) is 0 Å². The first kappa shape index (κ1) is 13.7. The van der Waals surface area contributed by atoms with Crippen LogP contribution in [0.1, 0.15) is 18.5 Å². The van der Waals surface area contributed by atoms with E-state index in [1.807, 2.05) is 0 Å². The van der Waals surface area contributed by atoms with Crippen molar-refractivity contribution in [3.05, 3.63) is 57.7 Å². The van der Waals surface area contributed by atoms with Crippen LogP contribution in [0.25, 0.3) is 0 Å². The van der Waals surface area contributed by atoms with Gasteiger partial charge in [-0.2, -0.15) is 0 Å². The van der Waals surface area contributed by atoms with Gasteiger partial charge in [0.15, 0.2) is 0 Å². The fourth-order valence-electron chi connectivity index (χ4n) is 1.79. The molecule has 3 heteroatoms. The third kappa shape index (κ3) is 3.42. The van der Waals surface area contributed by atoms with Crippen LogP contribution >= 0.6 is 34.4 Å². The van der Waals surface area contributed by atoms with Gasteiger partial charge < -0.3 is 5.32 Å². The number of hydrogen-bond donors (Lipinski definition) is 1. The number of benzene rings is 2. The van der Waals surface area contributed by atoms with Crippen molar-refractivity contribution in [2.75, 3.05) is 11.6 Å². The van der Waals surface area contributed by atoms with Crippen molar-refractivity contribution in [1.29, 1.82) is 0 Å². The summed E-state index contributed by atoms with van der Waals surface area (Å²) in [4.78, 5) is 1.31. The van der Waals surface area contributed by atoms with E-state index in [0.717, 1.165) is 0 Å². The molecule has 0 spiro atoms. The molecule has 0 saturated heterocycles. The summed E-state index contributed by atoms with van der Waals surface area (Å²) in [6.45, 7) is 2.19. The van der Waals surface area contributed by atoms with Crippen molar-refractivity contribution in [3.8, 4) is 0 Å². The fourth-order valence-corrected chi connectivity index (χ4v) is 2.74. The highest BCUT2D eigenvalue weighted by atomic mass is 127. The molecule has 94 valence electrons. The Labute approximate surface area is 127 Å². The summed E-state index contributed by atoms with van der Waals surface area (Å²) in [6, 6.07) is 17.4. The molecule has 0 fully saturated rings. The molecular weight excluding hydrogens is 353 g/mol. The van der Waals surface area contributed by atoms with E-state index >= 15 is 0 Å². The molecule has 1 unspecified atom stereocenters. The van der Waals surface area contributed by atoms with E-state index in [1.165, 1.54) is 19.7 Å². The van der Waals surface area contributed by atoms with Crippen molar-refractivity contribution < 1.29 is 0 Å². The van der Waals surface area contributed by atoms with Gasteiger partial charge in [-0.15, -0.1) is 11.8 Å². The topological polar surface area (TPSA) is 12.0 Å². The van der Waals surface area contributed by atoms with Crippen LogP contribution < -0.4 is 5.32 Å². The standard InChI is InChI=1S/C15H16INS/c1-11(12-7-9-13(18-2)10-8-12)17-15-6-4-3-5-14(15)16/h3-11,17H,1-2H3. The first-order valence-electron chi connectivity index (χ1n) is 5.85. The molecule has 2 aromatic carbocycles. The van der Waals surface area contributed by atoms with Crippen LogP contribution in [0.2, 0.25) is 0 Å². The summed E-state index contributed by atoms with van der Waals surface area (Å²) < 4.78 is 1.25. The molecular formula is C15H16INS. The third-order valence-corrected chi connectivity index (χ3v) is 4.55. The summed E-state index contributed by atoms with van der Waals surface area (Å²) >= 11 is 4.13. The van der Waals surface area contributed by atoms with E-state index in [9.17, 15) is 0 Å². The van der Waals surface area contributed by atoms with Crippen LogP contribution in [-0.2, 0) is 0 Å². The lowest BCUT2D eigenvalue weighted by Crippen LogP contribution is -2.07. The molecule has 0 aliphatic heterocycles. The molecule has 0 aliphatic rings. The number of nitrogens with one attached hydrogen (secondary N) is 1. The average Bonchev–Trinajstić information content (AvgIpc) is 2.41. The summed E-state index contributed by atoms with van der Waals surface area (Å²) in [7, 11) is 0. The van der Waals surface area contributed by atoms with Gasteiger partial charge in [-0.25, -0.2) is 0 Å². The lowest BCUT2D eigenvalue weighted by molar-refractivity contribution is 0.881. The van der Waals surface area contributed by atoms with Crippen molar-refractivity contribution in [1.82, 2.24) is 0 Å². The Morgan fingerprint density at radius 3 is 2.33 bits per heavy atom. The summed E-state index contributed by atoms with van der Waals surface area (Å²) in [5.74, 6) is 0. The maximum absolute atomic E-state index is 3.55. The minimum absolute atomic E-state index is 0.317. The Bertz CT molecular complexity index is 510. The van der Waals surface area contributed by atoms with Gasteiger partial charge in [0.1, 0.15) is 0 Å². The van der Waals surface area contributed by atoms with Crippen LogP contribution in [0.3, 0.4) is 0 Å². The molecule has 0 aromatic heterocycles. The maximum atomic E-state index is 3.55. The second-order valence-electron chi connectivity index (χ2n) is 4.12. The van der Waals surface area contributed by atoms with E-state index in [4.69, 9.17) is 0 Å². The number of rotatable bonds is 4. The molecule has 2 aromatic rings. The van der Waals surface area contributed by atoms with Gasteiger partial charge >= 0.3 is 0 Å². The predicted octanol–water partition coefficient (Wildman–Crippen LogP) is 5.19. The van der Waals surface area contributed by atoms with Gasteiger partial charge in [-0.3, -0.25) is 0 Å². The first-order valence-corrected chi connectivity index (χ1v) is 8.16. The van der Waals surface area contributed by atoms with Crippen LogP contribution in [0.4, 0.5) is 5.69 Å². The number of halogens is 1. The number of hydrogen-bond acceptors (Lipinski definition) is 2. The third-order valence-electron chi connectivity index (χ3n) is 2.86. The van der Waals surface area contributed by atoms with Crippen molar-refractivity contribution in [3.63, 3.8) is 0 Å². The largest absolute Gasteiger partial charge is 0.378 e. The summed E-state index contributed by atoms with van der Waals surface area (Å²) in [6.07, 6.45) is 2.10. The van der Waals surface area contributed by atoms with E-state index < -0.39 is 0 Å². The van der Waals surface area contributed by atoms with Crippen molar-refractivity contribution in [2.24, 2.45) is 0 Å². The predicted molar refractivity (Wildman–Crippen MR) is 89.4 cm³/mol. The number of thioether (sulfide) groups is 1. The molecule has 0 aliphatic carbocycles. The minimum Gasteiger partial charge on any atom is -0.378 e. The molecule has 0 radical (unpaired) electrons. The maximum Gasteiger partial charge on any atom is 0.0486 e. The quantitative estimate of drug-likeness (QED) is 0.588. The lowest BCUT2D eigenvalue weighted by Gasteiger charge is -2.17. The van der Waals surface area contributed by atoms with Gasteiger partial charge in [0, 0.05) is 20.2 Å². The van der Waals surface area contributed by atoms with Gasteiger partial charge in [0.05, 0.1) is 0 Å². The molecule has 1 N–H and O–H groups in total. The van der Waals surface area contributed by atoms with Crippen LogP contribution in [0, 0.1) is 3.57 Å². The van der Waals surface area contributed by atoms with Crippen LogP contribution in [0.15, 0.2) is 53.4 Å².